The highest BCUT2D eigenvalue weighted by Gasteiger charge is 2.53. The third-order valence-corrected chi connectivity index (χ3v) is 17.5. The topological polar surface area (TPSA) is 460 Å². The number of nitrogens with two attached hydrogens (primary N) is 1. The van der Waals surface area contributed by atoms with E-state index in [2.05, 4.69) is 45.5 Å². The van der Waals surface area contributed by atoms with Gasteiger partial charge in [0.1, 0.15) is 12.2 Å². The van der Waals surface area contributed by atoms with Crippen molar-refractivity contribution in [2.75, 3.05) is 16.4 Å². The molecule has 0 radical (unpaired) electrons. The summed E-state index contributed by atoms with van der Waals surface area (Å²) in [4.78, 5) is 154. The van der Waals surface area contributed by atoms with Gasteiger partial charge in [0.15, 0.2) is 76.7 Å². The first kappa shape index (κ1) is 72.5. The first-order chi connectivity index (χ1) is 45.8. The van der Waals surface area contributed by atoms with E-state index in [4.69, 9.17) is 34.2 Å². The lowest BCUT2D eigenvalue weighted by molar-refractivity contribution is -0.196. The number of aliphatic hydroxyl groups excluding tert-OH is 2. The van der Waals surface area contributed by atoms with Crippen LogP contribution in [-0.4, -0.2) is 165 Å². The molecule has 1 unspecified atom stereocenters. The summed E-state index contributed by atoms with van der Waals surface area (Å²) in [5.41, 5.74) is 2.62. The Morgan fingerprint density at radius 1 is 0.567 bits per heavy atom. The number of halogens is 3. The predicted molar refractivity (Wildman–Crippen MR) is 337 cm³/mol. The zero-order chi connectivity index (χ0) is 70.9. The molecule has 34 nitrogen and oxygen atoms in total. The highest BCUT2D eigenvalue weighted by atomic mass is 19.1. The van der Waals surface area contributed by atoms with Crippen LogP contribution in [0.1, 0.15) is 139 Å². The van der Waals surface area contributed by atoms with E-state index >= 15 is 4.39 Å². The van der Waals surface area contributed by atoms with E-state index in [1.54, 1.807) is 13.8 Å². The average molecular weight is 1370 g/mol. The van der Waals surface area contributed by atoms with E-state index < -0.39 is 132 Å². The number of nitrogens with one attached hydrogen (secondary N) is 6. The molecule has 532 valence electrons. The third kappa shape index (κ3) is 16.1. The van der Waals surface area contributed by atoms with Gasteiger partial charge in [-0.25, -0.2) is 36.7 Å². The number of hydrogen-bond acceptors (Lipinski definition) is 23. The lowest BCUT2D eigenvalue weighted by Gasteiger charge is -2.20. The summed E-state index contributed by atoms with van der Waals surface area (Å²) < 4.78 is 81.9. The van der Waals surface area contributed by atoms with E-state index in [-0.39, 0.29) is 93.0 Å². The number of amides is 2. The van der Waals surface area contributed by atoms with Crippen molar-refractivity contribution in [1.29, 1.82) is 0 Å². The van der Waals surface area contributed by atoms with Gasteiger partial charge in [0.2, 0.25) is 35.9 Å². The van der Waals surface area contributed by atoms with Gasteiger partial charge in [-0.3, -0.25) is 82.6 Å². The van der Waals surface area contributed by atoms with Crippen molar-refractivity contribution in [1.82, 2.24) is 57.7 Å². The summed E-state index contributed by atoms with van der Waals surface area (Å²) in [6.45, 7) is 16.3. The zero-order valence-corrected chi connectivity index (χ0v) is 55.0. The molecule has 6 aromatic rings. The van der Waals surface area contributed by atoms with Gasteiger partial charge in [0.05, 0.1) is 18.3 Å². The second-order valence-corrected chi connectivity index (χ2v) is 25.4. The summed E-state index contributed by atoms with van der Waals surface area (Å²) in [5.74, 6) is -2.40. The first-order valence-corrected chi connectivity index (χ1v) is 32.2. The number of imidazole rings is 3. The molecule has 9 heterocycles. The van der Waals surface area contributed by atoms with Crippen molar-refractivity contribution in [2.24, 2.45) is 29.6 Å². The number of anilines is 3. The van der Waals surface area contributed by atoms with Crippen LogP contribution in [0.15, 0.2) is 28.8 Å². The molecular formula is C60H82F3N15O19. The fourth-order valence-corrected chi connectivity index (χ4v) is 11.7. The number of carbonyl (C=O) groups is 5. The van der Waals surface area contributed by atoms with Crippen molar-refractivity contribution < 1.29 is 75.8 Å². The largest absolute Gasteiger partial charge is 0.454 e. The Labute approximate surface area is 548 Å². The highest BCUT2D eigenvalue weighted by molar-refractivity contribution is 5.88. The normalized spacial score (nSPS) is 26.0. The Kier molecular flexibility index (Phi) is 22.3. The van der Waals surface area contributed by atoms with Crippen molar-refractivity contribution in [3.8, 4) is 0 Å². The zero-order valence-electron chi connectivity index (χ0n) is 55.0. The van der Waals surface area contributed by atoms with Gasteiger partial charge in [-0.15, -0.1) is 0 Å². The minimum absolute atomic E-state index is 0.00595. The summed E-state index contributed by atoms with van der Waals surface area (Å²) in [5, 5.41) is 25.1. The summed E-state index contributed by atoms with van der Waals surface area (Å²) in [7, 11) is 0. The van der Waals surface area contributed by atoms with E-state index in [1.165, 1.54) is 41.4 Å². The maximum Gasteiger partial charge on any atom is 0.332 e. The molecule has 3 saturated heterocycles. The van der Waals surface area contributed by atoms with Crippen molar-refractivity contribution >= 4 is 81.1 Å². The van der Waals surface area contributed by atoms with Crippen LogP contribution in [0, 0.1) is 29.6 Å². The number of H-pyrrole nitrogens is 4. The Hall–Kier alpha value is -8.81. The number of nitrogen functional groups attached to an aromatic ring is 1. The third-order valence-electron chi connectivity index (χ3n) is 17.5. The van der Waals surface area contributed by atoms with Gasteiger partial charge in [-0.2, -0.15) is 15.0 Å². The number of carbonyl (C=O) groups excluding carboxylic acids is 5. The van der Waals surface area contributed by atoms with Crippen LogP contribution in [0.2, 0.25) is 0 Å². The number of aliphatic hydroxyl groups is 2. The van der Waals surface area contributed by atoms with Gasteiger partial charge >= 0.3 is 35.0 Å². The van der Waals surface area contributed by atoms with Crippen LogP contribution in [-0.2, 0) is 72.0 Å². The van der Waals surface area contributed by atoms with Crippen LogP contribution < -0.4 is 50.1 Å². The number of nitrogens with zero attached hydrogens (tertiary/aromatic N) is 8. The Balaban J connectivity index is 0.000000156. The fourth-order valence-electron chi connectivity index (χ4n) is 11.7. The minimum Gasteiger partial charge on any atom is -0.454 e. The minimum atomic E-state index is -1.89. The molecule has 97 heavy (non-hydrogen) atoms. The smallest absolute Gasteiger partial charge is 0.332 e. The van der Waals surface area contributed by atoms with Crippen LogP contribution >= 0.6 is 0 Å². The van der Waals surface area contributed by atoms with Crippen molar-refractivity contribution in [2.45, 2.75) is 227 Å². The summed E-state index contributed by atoms with van der Waals surface area (Å²) >= 11 is 0. The van der Waals surface area contributed by atoms with Crippen molar-refractivity contribution in [3.63, 3.8) is 0 Å². The van der Waals surface area contributed by atoms with Crippen LogP contribution in [0.5, 0.6) is 0 Å². The number of hydrogen-bond donors (Lipinski definition) is 9. The number of alkyl halides is 3. The SMILES string of the molecule is CC(=O)Nc1nc2[nH]c(=O)n(CC3CC3)c2c(=O)[nH]1.CC[C@H](C)[C@H]1OC(OC(C)=O)[C@H](OC(C)=O)[C@H]1F.CC[C@H](C)[C@H]1O[C@@H](n2c(=O)n(CC3CC3)c3c(=O)[nH]c(NC(C)=O)nc32)[C@H](OC(C)=O)[C@H]1F.CC[C@H](O)[C@H]1O[C@@H](n2c(=O)n(CC3CC3)c3c(=O)[nH]c(N)nc32)[C@H](O)[C@H]1F. The molecule has 2 amide bonds. The van der Waals surface area contributed by atoms with Crippen LogP contribution in [0.3, 0.4) is 0 Å². The second kappa shape index (κ2) is 29.9. The lowest BCUT2D eigenvalue weighted by atomic mass is 9.97. The van der Waals surface area contributed by atoms with Gasteiger partial charge in [-0.05, 0) is 74.5 Å². The van der Waals surface area contributed by atoms with E-state index in [0.717, 1.165) is 54.6 Å². The maximum absolute atomic E-state index is 15.4. The highest BCUT2D eigenvalue weighted by Crippen LogP contribution is 2.41. The maximum atomic E-state index is 15.4. The Morgan fingerprint density at radius 2 is 1.00 bits per heavy atom. The molecule has 37 heteroatoms. The van der Waals surface area contributed by atoms with E-state index in [9.17, 15) is 71.7 Å². The summed E-state index contributed by atoms with van der Waals surface area (Å²) in [6, 6.07) is 0. The number of rotatable bonds is 19. The molecule has 6 aliphatic rings. The van der Waals surface area contributed by atoms with Gasteiger partial charge in [0.25, 0.3) is 16.7 Å². The molecule has 12 rings (SSSR count). The van der Waals surface area contributed by atoms with E-state index in [0.29, 0.717) is 38.4 Å². The fraction of sp³-hybridized carbons (Fsp3) is 0.667. The van der Waals surface area contributed by atoms with Gasteiger partial charge in [0, 0.05) is 54.3 Å². The standard InChI is InChI=1S/C21H28FN5O6.C16H22FN5O5.C12H19FO5.C11H13N5O3/c1-5-9(2)15-13(22)16(32-11(4)29)19(33-15)27-17-14(26(21(27)31)8-12-6-7-12)18(30)25-20(24-17)23-10(3)28;1-2-7(23)11-8(17)10(24)14(27-11)22-12-9(13(25)20-15(18)19-12)21(16(22)26)5-6-3-4-6;1-5-6(2)10-9(13)11(16-7(3)14)12(18-10)17-8(4)15;1-5(17)12-10-13-8-7(9(18)15-10)16(11(19)14-8)4-6-2-3-6/h9,12-13,15-16,19H,5-8H2,1-4H3,(H2,23,24,25,28,30);6-8,10-11,14,23-24H,2-5H2,1H3,(H3,18,19,20,25);6,9-12H,5H2,1-4H3;6H,2-4H2,1H3,(H3,12,13,14,15,17,18,19)/t9-,13-,15+,16+,19+;7-,8+,10+,11+,14+;6-,9-,10+,11+,12?;/m000./s1. The molecule has 0 bridgehead atoms. The molecule has 3 saturated carbocycles. The van der Waals surface area contributed by atoms with Gasteiger partial charge in [-0.1, -0.05) is 47.5 Å². The van der Waals surface area contributed by atoms with Gasteiger partial charge < -0.3 is 44.4 Å². The average Bonchev–Trinajstić information content (AvgIpc) is 1.59. The molecule has 3 aliphatic carbocycles. The Bertz CT molecular complexity index is 4290. The molecule has 6 fully saturated rings. The monoisotopic (exact) mass is 1370 g/mol. The number of aromatic amines is 4. The Morgan fingerprint density at radius 3 is 1.48 bits per heavy atom. The quantitative estimate of drug-likeness (QED) is 0.0414. The molecular weight excluding hydrogens is 1290 g/mol. The summed E-state index contributed by atoms with van der Waals surface area (Å²) in [6.07, 6.45) is -9.92. The number of ether oxygens (including phenoxy) is 6. The second-order valence-electron chi connectivity index (χ2n) is 25.4. The molecule has 10 N–H and O–H groups in total. The van der Waals surface area contributed by atoms with Crippen LogP contribution in [0.4, 0.5) is 31.0 Å². The van der Waals surface area contributed by atoms with Crippen LogP contribution in [0.25, 0.3) is 33.5 Å². The number of fused-ring (bicyclic) bond motifs is 3. The van der Waals surface area contributed by atoms with E-state index in [1.807, 2.05) is 20.8 Å². The predicted octanol–water partition coefficient (Wildman–Crippen LogP) is 2.09. The number of aromatic nitrogens is 12. The molecule has 0 spiro atoms. The first-order valence-electron chi connectivity index (χ1n) is 32.2. The molecule has 15 atom stereocenters. The molecule has 0 aromatic carbocycles. The van der Waals surface area contributed by atoms with Crippen molar-refractivity contribution in [3.05, 3.63) is 62.5 Å². The molecule has 6 aromatic heterocycles. The molecule has 3 aliphatic heterocycles. The lowest BCUT2D eigenvalue weighted by Crippen LogP contribution is -2.37. The number of esters is 3.